The summed E-state index contributed by atoms with van der Waals surface area (Å²) in [6.45, 7) is 14.0. The summed E-state index contributed by atoms with van der Waals surface area (Å²) in [6.07, 6.45) is 3.77. The van der Waals surface area contributed by atoms with Gasteiger partial charge in [0.2, 0.25) is 0 Å². The molecule has 0 N–H and O–H groups in total. The number of fused-ring (bicyclic) bond motifs is 2. The minimum atomic E-state index is 0.520. The molecule has 0 spiro atoms. The van der Waals surface area contributed by atoms with E-state index in [0.717, 1.165) is 5.92 Å². The molecule has 1 atom stereocenters. The van der Waals surface area contributed by atoms with E-state index < -0.39 is 0 Å². The first-order valence-corrected chi connectivity index (χ1v) is 10.4. The predicted molar refractivity (Wildman–Crippen MR) is 117 cm³/mol. The van der Waals surface area contributed by atoms with Crippen molar-refractivity contribution in [1.82, 2.24) is 0 Å². The SMILES string of the molecule is CCCC(C)Cc1ccc2c(C(C)C)c3ccccc3c(C(C)C)c2c1. The van der Waals surface area contributed by atoms with Crippen molar-refractivity contribution in [1.29, 1.82) is 0 Å². The van der Waals surface area contributed by atoms with Crippen molar-refractivity contribution >= 4 is 21.5 Å². The highest BCUT2D eigenvalue weighted by molar-refractivity contribution is 6.06. The molecule has 138 valence electrons. The van der Waals surface area contributed by atoms with Gasteiger partial charge in [-0.15, -0.1) is 0 Å². The molecular weight excluding hydrogens is 312 g/mol. The lowest BCUT2D eigenvalue weighted by Crippen LogP contribution is -2.02. The fourth-order valence-electron chi connectivity index (χ4n) is 4.66. The summed E-state index contributed by atoms with van der Waals surface area (Å²) in [7, 11) is 0. The Bertz CT molecular complexity index is 899. The zero-order valence-corrected chi connectivity index (χ0v) is 17.4. The molecule has 0 aliphatic heterocycles. The van der Waals surface area contributed by atoms with E-state index in [1.165, 1.54) is 57.5 Å². The Morgan fingerprint density at radius 2 is 1.23 bits per heavy atom. The minimum absolute atomic E-state index is 0.520. The summed E-state index contributed by atoms with van der Waals surface area (Å²) in [5.41, 5.74) is 4.52. The van der Waals surface area contributed by atoms with Crippen molar-refractivity contribution in [3.05, 3.63) is 59.2 Å². The highest BCUT2D eigenvalue weighted by Gasteiger charge is 2.18. The first-order valence-electron chi connectivity index (χ1n) is 10.4. The lowest BCUT2D eigenvalue weighted by atomic mass is 9.82. The van der Waals surface area contributed by atoms with Crippen molar-refractivity contribution in [3.63, 3.8) is 0 Å². The summed E-state index contributed by atoms with van der Waals surface area (Å²) in [4.78, 5) is 0. The smallest absolute Gasteiger partial charge is 0.0137 e. The van der Waals surface area contributed by atoms with E-state index in [9.17, 15) is 0 Å². The van der Waals surface area contributed by atoms with E-state index in [1.54, 1.807) is 0 Å². The number of rotatable bonds is 6. The van der Waals surface area contributed by atoms with Crippen LogP contribution in [0, 0.1) is 5.92 Å². The number of hydrogen-bond donors (Lipinski definition) is 0. The first kappa shape index (κ1) is 19.0. The van der Waals surface area contributed by atoms with Crippen molar-refractivity contribution in [2.24, 2.45) is 5.92 Å². The van der Waals surface area contributed by atoms with Gasteiger partial charge in [0.05, 0.1) is 0 Å². The highest BCUT2D eigenvalue weighted by Crippen LogP contribution is 2.40. The fourth-order valence-corrected chi connectivity index (χ4v) is 4.66. The van der Waals surface area contributed by atoms with Gasteiger partial charge in [0.15, 0.2) is 0 Å². The lowest BCUT2D eigenvalue weighted by Gasteiger charge is -2.22. The molecule has 0 saturated carbocycles. The second-order valence-electron chi connectivity index (χ2n) is 8.66. The van der Waals surface area contributed by atoms with E-state index in [0.29, 0.717) is 11.8 Å². The lowest BCUT2D eigenvalue weighted by molar-refractivity contribution is 0.523. The van der Waals surface area contributed by atoms with Gasteiger partial charge in [-0.05, 0) is 62.4 Å². The second kappa shape index (κ2) is 7.82. The maximum Gasteiger partial charge on any atom is -0.0137 e. The van der Waals surface area contributed by atoms with Gasteiger partial charge in [-0.25, -0.2) is 0 Å². The quantitative estimate of drug-likeness (QED) is 0.394. The van der Waals surface area contributed by atoms with Gasteiger partial charge < -0.3 is 0 Å². The van der Waals surface area contributed by atoms with Crippen LogP contribution in [0.5, 0.6) is 0 Å². The van der Waals surface area contributed by atoms with Gasteiger partial charge >= 0.3 is 0 Å². The van der Waals surface area contributed by atoms with Gasteiger partial charge in [-0.1, -0.05) is 96.8 Å². The second-order valence-corrected chi connectivity index (χ2v) is 8.66. The van der Waals surface area contributed by atoms with E-state index >= 15 is 0 Å². The molecule has 0 bridgehead atoms. The van der Waals surface area contributed by atoms with Crippen molar-refractivity contribution in [3.8, 4) is 0 Å². The topological polar surface area (TPSA) is 0 Å². The molecular formula is C26H34. The van der Waals surface area contributed by atoms with E-state index in [2.05, 4.69) is 84.0 Å². The summed E-state index contributed by atoms with van der Waals surface area (Å²) < 4.78 is 0. The Labute approximate surface area is 159 Å². The Hall–Kier alpha value is -1.82. The monoisotopic (exact) mass is 346 g/mol. The molecule has 0 aromatic heterocycles. The zero-order valence-electron chi connectivity index (χ0n) is 17.4. The molecule has 0 heteroatoms. The molecule has 3 rings (SSSR count). The van der Waals surface area contributed by atoms with Crippen LogP contribution >= 0.6 is 0 Å². The van der Waals surface area contributed by atoms with Gasteiger partial charge in [0.1, 0.15) is 0 Å². The standard InChI is InChI=1S/C26H34/c1-7-10-19(6)15-20-13-14-23-24(16-20)26(18(4)5)22-12-9-8-11-21(22)25(23)17(2)3/h8-9,11-14,16-19H,7,10,15H2,1-6H3. The van der Waals surface area contributed by atoms with E-state index in [-0.39, 0.29) is 0 Å². The Morgan fingerprint density at radius 1 is 0.692 bits per heavy atom. The van der Waals surface area contributed by atoms with Crippen LogP contribution in [0.25, 0.3) is 21.5 Å². The molecule has 0 amide bonds. The molecule has 3 aromatic rings. The average molecular weight is 347 g/mol. The average Bonchev–Trinajstić information content (AvgIpc) is 2.58. The van der Waals surface area contributed by atoms with Crippen LogP contribution in [0.15, 0.2) is 42.5 Å². The summed E-state index contributed by atoms with van der Waals surface area (Å²) in [5.74, 6) is 1.80. The van der Waals surface area contributed by atoms with Crippen LogP contribution in [0.3, 0.4) is 0 Å². The first-order chi connectivity index (χ1) is 12.4. The highest BCUT2D eigenvalue weighted by atomic mass is 14.2. The van der Waals surface area contributed by atoms with E-state index in [4.69, 9.17) is 0 Å². The minimum Gasteiger partial charge on any atom is -0.0654 e. The van der Waals surface area contributed by atoms with Crippen LogP contribution in [0.4, 0.5) is 0 Å². The third-order valence-corrected chi connectivity index (χ3v) is 5.69. The zero-order chi connectivity index (χ0) is 18.8. The molecule has 0 radical (unpaired) electrons. The van der Waals surface area contributed by atoms with Crippen LogP contribution in [-0.4, -0.2) is 0 Å². The Balaban J connectivity index is 2.31. The van der Waals surface area contributed by atoms with Crippen molar-refractivity contribution < 1.29 is 0 Å². The predicted octanol–water partition coefficient (Wildman–Crippen LogP) is 8.22. The maximum absolute atomic E-state index is 2.50. The molecule has 0 heterocycles. The van der Waals surface area contributed by atoms with Crippen molar-refractivity contribution in [2.45, 2.75) is 72.6 Å². The molecule has 1 unspecified atom stereocenters. The van der Waals surface area contributed by atoms with Crippen LogP contribution in [0.1, 0.15) is 82.9 Å². The molecule has 26 heavy (non-hydrogen) atoms. The largest absolute Gasteiger partial charge is 0.0654 e. The van der Waals surface area contributed by atoms with Crippen molar-refractivity contribution in [2.75, 3.05) is 0 Å². The van der Waals surface area contributed by atoms with Crippen LogP contribution < -0.4 is 0 Å². The number of benzene rings is 3. The van der Waals surface area contributed by atoms with Gasteiger partial charge in [0.25, 0.3) is 0 Å². The van der Waals surface area contributed by atoms with Crippen LogP contribution in [0.2, 0.25) is 0 Å². The number of hydrogen-bond acceptors (Lipinski definition) is 0. The Morgan fingerprint density at radius 3 is 1.77 bits per heavy atom. The normalized spacial score (nSPS) is 13.2. The molecule has 0 saturated heterocycles. The molecule has 0 nitrogen and oxygen atoms in total. The fraction of sp³-hybridized carbons (Fsp3) is 0.462. The Kier molecular flexibility index (Phi) is 5.70. The maximum atomic E-state index is 2.50. The van der Waals surface area contributed by atoms with Gasteiger partial charge in [0, 0.05) is 0 Å². The third-order valence-electron chi connectivity index (χ3n) is 5.69. The molecule has 0 aliphatic carbocycles. The summed E-state index contributed by atoms with van der Waals surface area (Å²) in [5, 5.41) is 5.81. The summed E-state index contributed by atoms with van der Waals surface area (Å²) in [6, 6.07) is 16.3. The summed E-state index contributed by atoms with van der Waals surface area (Å²) >= 11 is 0. The van der Waals surface area contributed by atoms with Crippen LogP contribution in [-0.2, 0) is 6.42 Å². The van der Waals surface area contributed by atoms with Gasteiger partial charge in [-0.2, -0.15) is 0 Å². The van der Waals surface area contributed by atoms with Gasteiger partial charge in [-0.3, -0.25) is 0 Å². The third kappa shape index (κ3) is 3.52. The molecule has 0 aliphatic rings. The molecule has 3 aromatic carbocycles. The molecule has 0 fully saturated rings. The van der Waals surface area contributed by atoms with E-state index in [1.807, 2.05) is 0 Å².